The summed E-state index contributed by atoms with van der Waals surface area (Å²) >= 11 is 0. The number of nitrogens with zero attached hydrogens (tertiary/aromatic N) is 4. The van der Waals surface area contributed by atoms with E-state index >= 15 is 0 Å². The molecule has 0 radical (unpaired) electrons. The van der Waals surface area contributed by atoms with Crippen molar-refractivity contribution in [3.8, 4) is 0 Å². The largest absolute Gasteiger partial charge is 0.367 e. The Hall–Kier alpha value is -2.67. The van der Waals surface area contributed by atoms with Crippen LogP contribution in [-0.2, 0) is 6.54 Å². The topological polar surface area (TPSA) is 56.6 Å². The first-order valence-corrected chi connectivity index (χ1v) is 8.40. The van der Waals surface area contributed by atoms with Gasteiger partial charge in [-0.3, -0.25) is 14.8 Å². The molecule has 0 aliphatic carbocycles. The monoisotopic (exact) mass is 341 g/mol. The lowest BCUT2D eigenvalue weighted by molar-refractivity contribution is 0.246. The van der Waals surface area contributed by atoms with Gasteiger partial charge in [-0.25, -0.2) is 13.9 Å². The zero-order valence-corrected chi connectivity index (χ0v) is 14.1. The summed E-state index contributed by atoms with van der Waals surface area (Å²) in [4.78, 5) is 21.0. The van der Waals surface area contributed by atoms with Crippen molar-refractivity contribution >= 4 is 11.3 Å². The van der Waals surface area contributed by atoms with Gasteiger partial charge in [0.15, 0.2) is 5.65 Å². The van der Waals surface area contributed by atoms with E-state index in [1.807, 2.05) is 25.1 Å². The average molecular weight is 341 g/mol. The third kappa shape index (κ3) is 3.15. The molecule has 0 unspecified atom stereocenters. The smallest absolute Gasteiger partial charge is 0.272 e. The Bertz CT molecular complexity index is 955. The van der Waals surface area contributed by atoms with E-state index in [1.54, 1.807) is 12.1 Å². The van der Waals surface area contributed by atoms with E-state index in [0.29, 0.717) is 17.9 Å². The minimum atomic E-state index is -0.182. The molecular formula is C18H20FN5O. The van der Waals surface area contributed by atoms with E-state index in [1.165, 1.54) is 10.6 Å². The molecule has 3 heterocycles. The first kappa shape index (κ1) is 15.8. The van der Waals surface area contributed by atoms with Gasteiger partial charge in [0.05, 0.1) is 11.4 Å². The molecule has 6 nitrogen and oxygen atoms in total. The molecule has 1 aromatic carbocycles. The van der Waals surface area contributed by atoms with E-state index in [9.17, 15) is 9.18 Å². The number of piperazine rings is 1. The van der Waals surface area contributed by atoms with Crippen LogP contribution in [0.25, 0.3) is 5.65 Å². The summed E-state index contributed by atoms with van der Waals surface area (Å²) in [6.45, 7) is 5.65. The lowest BCUT2D eigenvalue weighted by atomic mass is 10.2. The second-order valence-corrected chi connectivity index (χ2v) is 6.43. The second-order valence-electron chi connectivity index (χ2n) is 6.43. The number of para-hydroxylation sites is 1. The minimum Gasteiger partial charge on any atom is -0.367 e. The maximum absolute atomic E-state index is 13.9. The third-order valence-corrected chi connectivity index (χ3v) is 4.58. The molecule has 2 aromatic heterocycles. The maximum atomic E-state index is 13.9. The number of fused-ring (bicyclic) bond motifs is 1. The Morgan fingerprint density at radius 2 is 1.92 bits per heavy atom. The Morgan fingerprint density at radius 1 is 1.16 bits per heavy atom. The number of H-pyrrole nitrogens is 1. The Labute approximate surface area is 144 Å². The zero-order chi connectivity index (χ0) is 17.4. The molecule has 0 amide bonds. The van der Waals surface area contributed by atoms with Crippen LogP contribution in [0.5, 0.6) is 0 Å². The molecule has 7 heteroatoms. The number of hydrogen-bond donors (Lipinski definition) is 1. The highest BCUT2D eigenvalue weighted by Crippen LogP contribution is 2.20. The minimum absolute atomic E-state index is 0.0990. The molecule has 1 aliphatic heterocycles. The predicted molar refractivity (Wildman–Crippen MR) is 94.4 cm³/mol. The summed E-state index contributed by atoms with van der Waals surface area (Å²) in [6, 6.07) is 10.3. The first-order valence-electron chi connectivity index (χ1n) is 8.40. The number of rotatable bonds is 3. The first-order chi connectivity index (χ1) is 12.1. The van der Waals surface area contributed by atoms with Gasteiger partial charge < -0.3 is 4.90 Å². The van der Waals surface area contributed by atoms with Crippen LogP contribution < -0.4 is 10.5 Å². The van der Waals surface area contributed by atoms with Gasteiger partial charge in [-0.2, -0.15) is 0 Å². The van der Waals surface area contributed by atoms with Crippen LogP contribution in [0.3, 0.4) is 0 Å². The van der Waals surface area contributed by atoms with Crippen LogP contribution in [0.1, 0.15) is 11.4 Å². The van der Waals surface area contributed by atoms with Crippen molar-refractivity contribution in [1.29, 1.82) is 0 Å². The summed E-state index contributed by atoms with van der Waals surface area (Å²) in [5.41, 5.74) is 2.87. The van der Waals surface area contributed by atoms with Gasteiger partial charge in [-0.05, 0) is 19.1 Å². The van der Waals surface area contributed by atoms with Crippen LogP contribution in [-0.4, -0.2) is 45.7 Å². The fraction of sp³-hybridized carbons (Fsp3) is 0.333. The molecule has 25 heavy (non-hydrogen) atoms. The van der Waals surface area contributed by atoms with Gasteiger partial charge in [0.25, 0.3) is 5.56 Å². The second kappa shape index (κ2) is 6.33. The Balaban J connectivity index is 1.45. The summed E-state index contributed by atoms with van der Waals surface area (Å²) in [6.07, 6.45) is 0. The van der Waals surface area contributed by atoms with Gasteiger partial charge in [0, 0.05) is 50.6 Å². The van der Waals surface area contributed by atoms with Crippen molar-refractivity contribution < 1.29 is 4.39 Å². The molecule has 0 saturated carbocycles. The molecule has 1 N–H and O–H groups in total. The number of aryl methyl sites for hydroxylation is 1. The average Bonchev–Trinajstić information content (AvgIpc) is 2.97. The Morgan fingerprint density at radius 3 is 2.68 bits per heavy atom. The fourth-order valence-electron chi connectivity index (χ4n) is 3.33. The molecule has 1 aliphatic rings. The highest BCUT2D eigenvalue weighted by molar-refractivity contribution is 5.48. The van der Waals surface area contributed by atoms with Crippen LogP contribution in [0, 0.1) is 12.7 Å². The summed E-state index contributed by atoms with van der Waals surface area (Å²) < 4.78 is 15.4. The van der Waals surface area contributed by atoms with Crippen molar-refractivity contribution in [2.75, 3.05) is 31.1 Å². The quantitative estimate of drug-likeness (QED) is 0.789. The molecule has 0 bridgehead atoms. The number of benzene rings is 1. The van der Waals surface area contributed by atoms with Crippen LogP contribution in [0.2, 0.25) is 0 Å². The number of nitrogens with one attached hydrogen (secondary N) is 1. The number of aromatic amines is 1. The molecule has 1 fully saturated rings. The zero-order valence-electron chi connectivity index (χ0n) is 14.1. The fourth-order valence-corrected chi connectivity index (χ4v) is 3.33. The third-order valence-electron chi connectivity index (χ3n) is 4.58. The number of hydrogen-bond acceptors (Lipinski definition) is 4. The van der Waals surface area contributed by atoms with Gasteiger partial charge in [-0.1, -0.05) is 12.1 Å². The molecule has 130 valence electrons. The molecule has 3 aromatic rings. The van der Waals surface area contributed by atoms with E-state index in [-0.39, 0.29) is 11.4 Å². The van der Waals surface area contributed by atoms with E-state index in [0.717, 1.165) is 37.6 Å². The highest BCUT2D eigenvalue weighted by atomic mass is 19.1. The maximum Gasteiger partial charge on any atom is 0.272 e. The van der Waals surface area contributed by atoms with Crippen LogP contribution in [0.4, 0.5) is 10.1 Å². The van der Waals surface area contributed by atoms with Gasteiger partial charge in [-0.15, -0.1) is 0 Å². The molecule has 0 atom stereocenters. The lowest BCUT2D eigenvalue weighted by Gasteiger charge is -2.36. The van der Waals surface area contributed by atoms with Gasteiger partial charge >= 0.3 is 0 Å². The molecular weight excluding hydrogens is 321 g/mol. The SMILES string of the molecule is Cc1cc2nc(CN3CCN(c4ccccc4F)CC3)cc(=O)n2[nH]1. The van der Waals surface area contributed by atoms with Crippen molar-refractivity contribution in [2.45, 2.75) is 13.5 Å². The predicted octanol–water partition coefficient (Wildman–Crippen LogP) is 1.79. The normalized spacial score (nSPS) is 15.8. The Kier molecular flexibility index (Phi) is 4.01. The van der Waals surface area contributed by atoms with E-state index < -0.39 is 0 Å². The summed E-state index contributed by atoms with van der Waals surface area (Å²) in [5.74, 6) is -0.182. The standard InChI is InChI=1S/C18H20FN5O/c1-13-10-17-20-14(11-18(25)24(17)21-13)12-22-6-8-23(9-7-22)16-5-3-2-4-15(16)19/h2-5,10-11,21H,6-9,12H2,1H3. The lowest BCUT2D eigenvalue weighted by Crippen LogP contribution is -2.46. The van der Waals surface area contributed by atoms with Crippen molar-refractivity contribution in [3.05, 3.63) is 64.0 Å². The van der Waals surface area contributed by atoms with Crippen molar-refractivity contribution in [3.63, 3.8) is 0 Å². The number of halogens is 1. The number of aromatic nitrogens is 3. The molecule has 0 spiro atoms. The van der Waals surface area contributed by atoms with Crippen LogP contribution >= 0.6 is 0 Å². The van der Waals surface area contributed by atoms with Gasteiger partial charge in [0.1, 0.15) is 5.82 Å². The van der Waals surface area contributed by atoms with Crippen LogP contribution in [0.15, 0.2) is 41.2 Å². The molecule has 4 rings (SSSR count). The van der Waals surface area contributed by atoms with Crippen molar-refractivity contribution in [1.82, 2.24) is 19.5 Å². The summed E-state index contributed by atoms with van der Waals surface area (Å²) in [7, 11) is 0. The summed E-state index contributed by atoms with van der Waals surface area (Å²) in [5, 5.41) is 2.97. The highest BCUT2D eigenvalue weighted by Gasteiger charge is 2.20. The van der Waals surface area contributed by atoms with Gasteiger partial charge in [0.2, 0.25) is 0 Å². The molecule has 1 saturated heterocycles. The number of anilines is 1. The van der Waals surface area contributed by atoms with E-state index in [2.05, 4.69) is 19.9 Å². The van der Waals surface area contributed by atoms with E-state index in [4.69, 9.17) is 0 Å². The van der Waals surface area contributed by atoms with Crippen molar-refractivity contribution in [2.24, 2.45) is 0 Å².